The summed E-state index contributed by atoms with van der Waals surface area (Å²) in [7, 11) is 3.26. The lowest BCUT2D eigenvalue weighted by Crippen LogP contribution is -2.24. The number of hydrogen-bond donors (Lipinski definition) is 1. The SMILES string of the molecule is CCOc1cc2occ(-c3cc(OC)ccc3OC)c2cc1/C(C)=C/C(=O)NC(C)c1ccccc1. The Bertz CT molecular complexity index is 1390. The first-order valence-corrected chi connectivity index (χ1v) is 11.9. The standard InChI is InChI=1S/C30H31NO5/c1-6-35-28-17-29-25(26(18-36-29)24-15-22(33-4)12-13-27(24)34-5)16-23(28)19(2)14-30(32)31-20(3)21-10-8-7-9-11-21/h7-18,20H,6H2,1-5H3,(H,31,32)/b19-14+. The van der Waals surface area contributed by atoms with Gasteiger partial charge in [0, 0.05) is 34.2 Å². The van der Waals surface area contributed by atoms with Gasteiger partial charge in [0.05, 0.1) is 33.1 Å². The third-order valence-corrected chi connectivity index (χ3v) is 6.10. The molecule has 3 aromatic carbocycles. The van der Waals surface area contributed by atoms with E-state index < -0.39 is 0 Å². The Balaban J connectivity index is 1.74. The first-order valence-electron chi connectivity index (χ1n) is 11.9. The fourth-order valence-corrected chi connectivity index (χ4v) is 4.23. The van der Waals surface area contributed by atoms with Gasteiger partial charge in [0.15, 0.2) is 0 Å². The minimum absolute atomic E-state index is 0.113. The van der Waals surface area contributed by atoms with E-state index in [0.29, 0.717) is 29.4 Å². The van der Waals surface area contributed by atoms with E-state index in [1.54, 1.807) is 26.6 Å². The number of furan rings is 1. The number of rotatable bonds is 9. The zero-order valence-corrected chi connectivity index (χ0v) is 21.3. The second-order valence-electron chi connectivity index (χ2n) is 8.46. The quantitative estimate of drug-likeness (QED) is 0.264. The molecule has 1 N–H and O–H groups in total. The summed E-state index contributed by atoms with van der Waals surface area (Å²) >= 11 is 0. The fourth-order valence-electron chi connectivity index (χ4n) is 4.23. The molecule has 0 radical (unpaired) electrons. The van der Waals surface area contributed by atoms with Gasteiger partial charge < -0.3 is 23.9 Å². The van der Waals surface area contributed by atoms with Gasteiger partial charge in [-0.15, -0.1) is 0 Å². The van der Waals surface area contributed by atoms with Crippen molar-refractivity contribution in [2.45, 2.75) is 26.8 Å². The van der Waals surface area contributed by atoms with E-state index in [1.165, 1.54) is 0 Å². The van der Waals surface area contributed by atoms with Crippen LogP contribution in [0.2, 0.25) is 0 Å². The molecule has 0 bridgehead atoms. The van der Waals surface area contributed by atoms with Gasteiger partial charge in [-0.1, -0.05) is 30.3 Å². The number of nitrogens with one attached hydrogen (secondary N) is 1. The van der Waals surface area contributed by atoms with E-state index >= 15 is 0 Å². The van der Waals surface area contributed by atoms with E-state index in [2.05, 4.69) is 5.32 Å². The topological polar surface area (TPSA) is 69.9 Å². The van der Waals surface area contributed by atoms with Crippen LogP contribution in [0.25, 0.3) is 27.7 Å². The van der Waals surface area contributed by atoms with Crippen LogP contribution in [0, 0.1) is 0 Å². The third-order valence-electron chi connectivity index (χ3n) is 6.10. The van der Waals surface area contributed by atoms with Crippen LogP contribution >= 0.6 is 0 Å². The average molecular weight is 486 g/mol. The molecule has 0 spiro atoms. The van der Waals surface area contributed by atoms with Crippen molar-refractivity contribution in [3.63, 3.8) is 0 Å². The third kappa shape index (κ3) is 5.23. The molecule has 1 aromatic heterocycles. The van der Waals surface area contributed by atoms with Crippen LogP contribution < -0.4 is 19.5 Å². The highest BCUT2D eigenvalue weighted by Crippen LogP contribution is 2.41. The molecule has 36 heavy (non-hydrogen) atoms. The summed E-state index contributed by atoms with van der Waals surface area (Å²) in [6.07, 6.45) is 3.31. The minimum atomic E-state index is -0.173. The van der Waals surface area contributed by atoms with E-state index in [0.717, 1.165) is 33.2 Å². The molecular weight excluding hydrogens is 454 g/mol. The Morgan fingerprint density at radius 2 is 1.78 bits per heavy atom. The van der Waals surface area contributed by atoms with Gasteiger partial charge in [-0.2, -0.15) is 0 Å². The summed E-state index contributed by atoms with van der Waals surface area (Å²) in [6.45, 7) is 6.28. The normalized spacial score (nSPS) is 12.3. The molecule has 186 valence electrons. The number of carbonyl (C=O) groups excluding carboxylic acids is 1. The number of fused-ring (bicyclic) bond motifs is 1. The summed E-state index contributed by atoms with van der Waals surface area (Å²) in [5.74, 6) is 1.90. The molecule has 6 heteroatoms. The van der Waals surface area contributed by atoms with Crippen LogP contribution in [0.15, 0.2) is 77.4 Å². The van der Waals surface area contributed by atoms with Gasteiger partial charge >= 0.3 is 0 Å². The largest absolute Gasteiger partial charge is 0.497 e. The van der Waals surface area contributed by atoms with Gasteiger partial charge in [-0.3, -0.25) is 4.79 Å². The second kappa shape index (κ2) is 11.0. The second-order valence-corrected chi connectivity index (χ2v) is 8.46. The molecule has 0 fully saturated rings. The Morgan fingerprint density at radius 1 is 1.00 bits per heavy atom. The van der Waals surface area contributed by atoms with Gasteiger partial charge in [0.1, 0.15) is 22.8 Å². The zero-order valence-electron chi connectivity index (χ0n) is 21.3. The molecule has 0 aliphatic heterocycles. The maximum atomic E-state index is 12.9. The molecule has 1 atom stereocenters. The first kappa shape index (κ1) is 24.9. The molecule has 0 aliphatic carbocycles. The predicted octanol–water partition coefficient (Wildman–Crippen LogP) is 6.80. The van der Waals surface area contributed by atoms with Crippen LogP contribution in [-0.2, 0) is 4.79 Å². The Kier molecular flexibility index (Phi) is 7.64. The van der Waals surface area contributed by atoms with Crippen LogP contribution in [0.4, 0.5) is 0 Å². The molecule has 0 saturated heterocycles. The highest BCUT2D eigenvalue weighted by atomic mass is 16.5. The number of benzene rings is 3. The average Bonchev–Trinajstić information content (AvgIpc) is 3.31. The van der Waals surface area contributed by atoms with Gasteiger partial charge in [0.2, 0.25) is 5.91 Å². The smallest absolute Gasteiger partial charge is 0.244 e. The van der Waals surface area contributed by atoms with Crippen molar-refractivity contribution in [1.29, 1.82) is 0 Å². The lowest BCUT2D eigenvalue weighted by atomic mass is 9.98. The van der Waals surface area contributed by atoms with Crippen LogP contribution in [0.3, 0.4) is 0 Å². The van der Waals surface area contributed by atoms with Crippen molar-refractivity contribution in [2.24, 2.45) is 0 Å². The first-order chi connectivity index (χ1) is 17.4. The Hall–Kier alpha value is -4.19. The monoisotopic (exact) mass is 485 g/mol. The van der Waals surface area contributed by atoms with E-state index in [-0.39, 0.29) is 11.9 Å². The van der Waals surface area contributed by atoms with Crippen LogP contribution in [0.5, 0.6) is 17.2 Å². The summed E-state index contributed by atoms with van der Waals surface area (Å²) in [5, 5.41) is 3.92. The highest BCUT2D eigenvalue weighted by Gasteiger charge is 2.18. The number of methoxy groups -OCH3 is 2. The summed E-state index contributed by atoms with van der Waals surface area (Å²) in [6, 6.07) is 19.3. The highest BCUT2D eigenvalue weighted by molar-refractivity contribution is 6.01. The van der Waals surface area contributed by atoms with Crippen LogP contribution in [-0.4, -0.2) is 26.7 Å². The van der Waals surface area contributed by atoms with Gasteiger partial charge in [-0.05, 0) is 56.2 Å². The van der Waals surface area contributed by atoms with E-state index in [9.17, 15) is 4.79 Å². The molecule has 0 saturated carbocycles. The number of carbonyl (C=O) groups is 1. The van der Waals surface area contributed by atoms with E-state index in [1.807, 2.05) is 81.4 Å². The lowest BCUT2D eigenvalue weighted by molar-refractivity contribution is -0.117. The molecule has 1 amide bonds. The lowest BCUT2D eigenvalue weighted by Gasteiger charge is -2.14. The molecule has 4 rings (SSSR count). The summed E-state index contributed by atoms with van der Waals surface area (Å²) in [5.41, 5.74) is 5.03. The maximum absolute atomic E-state index is 12.9. The number of hydrogen-bond acceptors (Lipinski definition) is 5. The van der Waals surface area contributed by atoms with Crippen molar-refractivity contribution in [2.75, 3.05) is 20.8 Å². The van der Waals surface area contributed by atoms with E-state index in [4.69, 9.17) is 18.6 Å². The zero-order chi connectivity index (χ0) is 25.7. The van der Waals surface area contributed by atoms with Crippen molar-refractivity contribution in [1.82, 2.24) is 5.32 Å². The Labute approximate surface area is 211 Å². The predicted molar refractivity (Wildman–Crippen MR) is 143 cm³/mol. The van der Waals surface area contributed by atoms with Crippen molar-refractivity contribution in [3.8, 4) is 28.4 Å². The van der Waals surface area contributed by atoms with Crippen molar-refractivity contribution < 1.29 is 23.4 Å². The Morgan fingerprint density at radius 3 is 2.47 bits per heavy atom. The number of ether oxygens (including phenoxy) is 3. The molecule has 0 aliphatic rings. The van der Waals surface area contributed by atoms with Gasteiger partial charge in [0.25, 0.3) is 0 Å². The number of amides is 1. The van der Waals surface area contributed by atoms with Crippen molar-refractivity contribution in [3.05, 3.63) is 84.1 Å². The van der Waals surface area contributed by atoms with Gasteiger partial charge in [-0.25, -0.2) is 0 Å². The molecule has 4 aromatic rings. The van der Waals surface area contributed by atoms with Crippen molar-refractivity contribution >= 4 is 22.4 Å². The molecule has 1 heterocycles. The maximum Gasteiger partial charge on any atom is 0.244 e. The molecule has 6 nitrogen and oxygen atoms in total. The molecular formula is C30H31NO5. The summed E-state index contributed by atoms with van der Waals surface area (Å²) < 4.78 is 22.8. The minimum Gasteiger partial charge on any atom is -0.497 e. The summed E-state index contributed by atoms with van der Waals surface area (Å²) in [4.78, 5) is 12.9. The van der Waals surface area contributed by atoms with Crippen LogP contribution in [0.1, 0.15) is 37.9 Å². The fraction of sp³-hybridized carbons (Fsp3) is 0.233. The number of allylic oxidation sites excluding steroid dienone is 1. The molecule has 1 unspecified atom stereocenters.